The molecule has 10 heteroatoms. The molecule has 9 aromatic carbocycles. The van der Waals surface area contributed by atoms with Gasteiger partial charge in [-0.1, -0.05) is 170 Å². The third-order valence-electron chi connectivity index (χ3n) is 14.4. The van der Waals surface area contributed by atoms with E-state index in [-0.39, 0.29) is 0 Å². The van der Waals surface area contributed by atoms with Crippen molar-refractivity contribution < 1.29 is 0 Å². The van der Waals surface area contributed by atoms with Crippen LogP contribution in [0.4, 0.5) is 0 Å². The largest absolute Gasteiger partial charge is 0.276 e. The van der Waals surface area contributed by atoms with Gasteiger partial charge in [-0.15, -0.1) is 11.3 Å². The number of hydrogen-bond donors (Lipinski definition) is 0. The van der Waals surface area contributed by atoms with Crippen molar-refractivity contribution >= 4 is 111 Å². The van der Waals surface area contributed by atoms with Crippen LogP contribution in [-0.4, -0.2) is 45.9 Å². The van der Waals surface area contributed by atoms with Crippen molar-refractivity contribution in [1.29, 1.82) is 0 Å². The van der Waals surface area contributed by atoms with Crippen molar-refractivity contribution in [3.63, 3.8) is 0 Å². The number of para-hydroxylation sites is 8. The summed E-state index contributed by atoms with van der Waals surface area (Å²) in [6.07, 6.45) is 0. The van der Waals surface area contributed by atoms with Crippen molar-refractivity contribution in [3.8, 4) is 23.0 Å². The second kappa shape index (κ2) is 15.5. The summed E-state index contributed by atoms with van der Waals surface area (Å²) >= 11 is 1.92. The lowest BCUT2D eigenvalue weighted by Crippen LogP contribution is -2.69. The Labute approximate surface area is 411 Å². The molecule has 6 heterocycles. The van der Waals surface area contributed by atoms with Gasteiger partial charge in [-0.3, -0.25) is 13.4 Å². The van der Waals surface area contributed by atoms with Gasteiger partial charge in [0.2, 0.25) is 17.5 Å². The van der Waals surface area contributed by atoms with Crippen LogP contribution in [-0.2, 0) is 6.04 Å². The maximum Gasteiger partial charge on any atom is 0.239 e. The first-order valence-electron chi connectivity index (χ1n) is 23.9. The number of benzene rings is 9. The van der Waals surface area contributed by atoms with E-state index < -0.39 is 8.07 Å². The Morgan fingerprint density at radius 3 is 1.68 bits per heavy atom. The number of hydrogen-bond acceptors (Lipinski definition) is 5. The zero-order valence-electron chi connectivity index (χ0n) is 38.1. The van der Waals surface area contributed by atoms with Crippen LogP contribution in [0.1, 0.15) is 5.56 Å². The number of aromatic nitrogens is 8. The molecule has 15 rings (SSSR count). The molecule has 71 heavy (non-hydrogen) atoms. The minimum absolute atomic E-state index is 0.516. The Morgan fingerprint density at radius 1 is 0.408 bits per heavy atom. The molecule has 0 aliphatic rings. The summed E-state index contributed by atoms with van der Waals surface area (Å²) in [6.45, 7) is 0. The molecule has 6 aromatic heterocycles. The lowest BCUT2D eigenvalue weighted by atomic mass is 10.1. The second-order valence-electron chi connectivity index (χ2n) is 18.3. The first-order chi connectivity index (χ1) is 35.2. The van der Waals surface area contributed by atoms with E-state index in [1.807, 2.05) is 23.5 Å². The summed E-state index contributed by atoms with van der Waals surface area (Å²) in [5, 5.41) is 6.68. The summed E-state index contributed by atoms with van der Waals surface area (Å²) in [6, 6.07) is 84.1. The maximum absolute atomic E-state index is 5.64. The number of thiophene rings is 1. The van der Waals surface area contributed by atoms with Crippen LogP contribution in [0.2, 0.25) is 0 Å². The molecule has 15 aromatic rings. The molecular formula is C61H40N8SSi. The van der Waals surface area contributed by atoms with Gasteiger partial charge in [0.25, 0.3) is 0 Å². The highest BCUT2D eigenvalue weighted by molar-refractivity contribution is 7.29. The van der Waals surface area contributed by atoms with Gasteiger partial charge in [0.1, 0.15) is 5.82 Å². The van der Waals surface area contributed by atoms with Gasteiger partial charge in [-0.25, -0.2) is 19.5 Å². The van der Waals surface area contributed by atoms with Crippen molar-refractivity contribution in [1.82, 2.24) is 37.9 Å². The molecule has 0 N–H and O–H groups in total. The van der Waals surface area contributed by atoms with Crippen LogP contribution in [0.15, 0.2) is 231 Å². The zero-order chi connectivity index (χ0) is 46.6. The lowest BCUT2D eigenvalue weighted by molar-refractivity contribution is 0.930. The molecule has 334 valence electrons. The highest BCUT2D eigenvalue weighted by atomic mass is 32.1. The molecular weight excluding hydrogens is 905 g/mol. The van der Waals surface area contributed by atoms with Gasteiger partial charge in [0.15, 0.2) is 8.07 Å². The fourth-order valence-electron chi connectivity index (χ4n) is 11.3. The van der Waals surface area contributed by atoms with E-state index in [0.29, 0.717) is 11.8 Å². The average molecular weight is 945 g/mol. The van der Waals surface area contributed by atoms with E-state index in [2.05, 4.69) is 236 Å². The van der Waals surface area contributed by atoms with Crippen molar-refractivity contribution in [3.05, 3.63) is 236 Å². The minimum atomic E-state index is -2.94. The summed E-state index contributed by atoms with van der Waals surface area (Å²) < 4.78 is 11.4. The van der Waals surface area contributed by atoms with E-state index in [0.717, 1.165) is 73.0 Å². The predicted molar refractivity (Wildman–Crippen MR) is 294 cm³/mol. The molecule has 1 unspecified atom stereocenters. The molecule has 0 spiro atoms. The molecule has 0 aliphatic carbocycles. The highest BCUT2D eigenvalue weighted by Gasteiger charge is 2.41. The first kappa shape index (κ1) is 40.0. The SMILES string of the molecule is c1ccc(C[Si](c2ccccc2)(c2cccc(-c3cc(-n4c5ccccc5n5c6ccccc6nc45)nc(-n4c5ccccc5n5c6ccccc6nc45)n3)c2)c2cccc3c2sc2ccccc23)cc1. The van der Waals surface area contributed by atoms with E-state index in [4.69, 9.17) is 19.9 Å². The third kappa shape index (κ3) is 5.95. The Bertz CT molecular complexity index is 4420. The highest BCUT2D eigenvalue weighted by Crippen LogP contribution is 2.36. The fraction of sp³-hybridized carbons (Fsp3) is 0.0164. The Kier molecular flexibility index (Phi) is 8.74. The van der Waals surface area contributed by atoms with Crippen LogP contribution in [0, 0.1) is 0 Å². The van der Waals surface area contributed by atoms with Crippen LogP contribution in [0.3, 0.4) is 0 Å². The van der Waals surface area contributed by atoms with E-state index in [9.17, 15) is 0 Å². The molecule has 0 saturated carbocycles. The van der Waals surface area contributed by atoms with Gasteiger partial charge < -0.3 is 0 Å². The average Bonchev–Trinajstić information content (AvgIpc) is 4.24. The van der Waals surface area contributed by atoms with Crippen molar-refractivity contribution in [2.75, 3.05) is 0 Å². The molecule has 0 fully saturated rings. The lowest BCUT2D eigenvalue weighted by Gasteiger charge is -2.35. The quantitative estimate of drug-likeness (QED) is 0.112. The molecule has 0 saturated heterocycles. The van der Waals surface area contributed by atoms with E-state index in [1.165, 1.54) is 41.3 Å². The number of nitrogens with zero attached hydrogens (tertiary/aromatic N) is 8. The van der Waals surface area contributed by atoms with Crippen LogP contribution in [0.25, 0.3) is 98.9 Å². The van der Waals surface area contributed by atoms with E-state index >= 15 is 0 Å². The number of rotatable bonds is 8. The minimum Gasteiger partial charge on any atom is -0.276 e. The van der Waals surface area contributed by atoms with Crippen LogP contribution < -0.4 is 15.6 Å². The molecule has 1 atom stereocenters. The smallest absolute Gasteiger partial charge is 0.239 e. The molecule has 0 bridgehead atoms. The normalized spacial score (nSPS) is 13.0. The van der Waals surface area contributed by atoms with Crippen molar-refractivity contribution in [2.45, 2.75) is 6.04 Å². The monoisotopic (exact) mass is 944 g/mol. The second-order valence-corrected chi connectivity index (χ2v) is 23.2. The number of imidazole rings is 4. The van der Waals surface area contributed by atoms with Gasteiger partial charge >= 0.3 is 0 Å². The van der Waals surface area contributed by atoms with Crippen LogP contribution >= 0.6 is 11.3 Å². The Balaban J connectivity index is 1.04. The van der Waals surface area contributed by atoms with Crippen LogP contribution in [0.5, 0.6) is 0 Å². The maximum atomic E-state index is 5.64. The predicted octanol–water partition coefficient (Wildman–Crippen LogP) is 12.3. The molecule has 8 nitrogen and oxygen atoms in total. The fourth-order valence-corrected chi connectivity index (χ4v) is 18.0. The Morgan fingerprint density at radius 2 is 0.958 bits per heavy atom. The first-order valence-corrected chi connectivity index (χ1v) is 27.0. The van der Waals surface area contributed by atoms with Gasteiger partial charge in [0, 0.05) is 31.8 Å². The van der Waals surface area contributed by atoms with Crippen molar-refractivity contribution in [2.24, 2.45) is 0 Å². The van der Waals surface area contributed by atoms with Gasteiger partial charge in [-0.2, -0.15) is 4.98 Å². The van der Waals surface area contributed by atoms with Gasteiger partial charge in [-0.05, 0) is 81.8 Å². The van der Waals surface area contributed by atoms with Gasteiger partial charge in [0.05, 0.1) is 49.8 Å². The third-order valence-corrected chi connectivity index (χ3v) is 20.7. The molecule has 0 aliphatic heterocycles. The van der Waals surface area contributed by atoms with E-state index in [1.54, 1.807) is 0 Å². The Hall–Kier alpha value is -8.96. The summed E-state index contributed by atoms with van der Waals surface area (Å²) in [5.41, 5.74) is 11.0. The zero-order valence-corrected chi connectivity index (χ0v) is 39.9. The topological polar surface area (TPSA) is 70.2 Å². The summed E-state index contributed by atoms with van der Waals surface area (Å²) in [4.78, 5) is 21.8. The number of fused-ring (bicyclic) bond motifs is 13. The summed E-state index contributed by atoms with van der Waals surface area (Å²) in [7, 11) is -2.94. The summed E-state index contributed by atoms with van der Waals surface area (Å²) in [5.74, 6) is 2.74. The molecule has 0 amide bonds. The molecule has 0 radical (unpaired) electrons. The standard InChI is InChI=1S/C61H40N8SSi/c1-3-19-40(20-4-1)39-71(42-22-5-2-6-23-42,56-36-18-26-45-44-25-7-16-35-55(44)70-58(45)56)43-24-17-21-41(37-43)48-38-57(68-53-33-14-12-31-51(53)66-49-29-10-8-27-46(49)63-60(66)68)65-59(62-48)69-54-34-15-13-32-52(54)67-50-30-11-9-28-47(50)64-61(67)69/h1-38H,39H2.